The van der Waals surface area contributed by atoms with Crippen LogP contribution in [0.4, 0.5) is 0 Å². The first-order chi connectivity index (χ1) is 7.83. The molecule has 0 fully saturated rings. The lowest BCUT2D eigenvalue weighted by molar-refractivity contribution is -0.120. The van der Waals surface area contributed by atoms with E-state index >= 15 is 0 Å². The van der Waals surface area contributed by atoms with E-state index in [1.807, 2.05) is 24.3 Å². The Balaban J connectivity index is 2.08. The lowest BCUT2D eigenvalue weighted by Crippen LogP contribution is -2.34. The second kappa shape index (κ2) is 7.37. The van der Waals surface area contributed by atoms with Gasteiger partial charge in [0.2, 0.25) is 5.91 Å². The van der Waals surface area contributed by atoms with E-state index in [0.29, 0.717) is 6.54 Å². The molecule has 1 aromatic rings. The highest BCUT2D eigenvalue weighted by Gasteiger charge is 1.98. The summed E-state index contributed by atoms with van der Waals surface area (Å²) in [7, 11) is 0. The van der Waals surface area contributed by atoms with Crippen LogP contribution in [0.5, 0.6) is 0 Å². The largest absolute Gasteiger partial charge is 0.342 e. The van der Waals surface area contributed by atoms with Crippen LogP contribution in [0.1, 0.15) is 5.69 Å². The fourth-order valence-corrected chi connectivity index (χ4v) is 1.16. The molecule has 5 nitrogen and oxygen atoms in total. The predicted molar refractivity (Wildman–Crippen MR) is 59.4 cm³/mol. The molecule has 0 aromatic carbocycles. The molecule has 84 valence electrons. The van der Waals surface area contributed by atoms with Gasteiger partial charge in [-0.15, -0.1) is 0 Å². The molecule has 2 N–H and O–H groups in total. The second-order valence-corrected chi connectivity index (χ2v) is 3.18. The van der Waals surface area contributed by atoms with Crippen molar-refractivity contribution in [3.63, 3.8) is 0 Å². The summed E-state index contributed by atoms with van der Waals surface area (Å²) in [5.74, 6) is -0.164. The zero-order valence-electron chi connectivity index (χ0n) is 8.94. The van der Waals surface area contributed by atoms with E-state index in [9.17, 15) is 4.79 Å². The normalized spacial score (nSPS) is 9.44. The minimum atomic E-state index is -0.164. The molecule has 0 bridgehead atoms. The average Bonchev–Trinajstić information content (AvgIpc) is 2.33. The number of hydrogen-bond acceptors (Lipinski definition) is 4. The fraction of sp³-hybridized carbons (Fsp3) is 0.364. The zero-order valence-corrected chi connectivity index (χ0v) is 8.94. The number of hydrogen-bond donors (Lipinski definition) is 2. The number of amides is 1. The van der Waals surface area contributed by atoms with Gasteiger partial charge in [-0.25, -0.2) is 0 Å². The number of aromatic nitrogens is 1. The first-order valence-corrected chi connectivity index (χ1v) is 5.07. The van der Waals surface area contributed by atoms with Crippen molar-refractivity contribution in [2.45, 2.75) is 6.42 Å². The molecule has 0 radical (unpaired) electrons. The van der Waals surface area contributed by atoms with Crippen LogP contribution >= 0.6 is 0 Å². The van der Waals surface area contributed by atoms with Gasteiger partial charge in [0.1, 0.15) is 6.54 Å². The Morgan fingerprint density at radius 2 is 2.38 bits per heavy atom. The first-order valence-electron chi connectivity index (χ1n) is 5.07. The quantitative estimate of drug-likeness (QED) is 0.514. The maximum absolute atomic E-state index is 11.1. The molecule has 0 spiro atoms. The number of pyridine rings is 1. The summed E-state index contributed by atoms with van der Waals surface area (Å²) in [4.78, 5) is 15.2. The van der Waals surface area contributed by atoms with E-state index in [1.165, 1.54) is 0 Å². The number of nitrogens with one attached hydrogen (secondary N) is 2. The van der Waals surface area contributed by atoms with Crippen LogP contribution in [0.15, 0.2) is 24.4 Å². The highest BCUT2D eigenvalue weighted by Crippen LogP contribution is 1.92. The van der Waals surface area contributed by atoms with Crippen LogP contribution < -0.4 is 10.6 Å². The molecule has 0 saturated carbocycles. The van der Waals surface area contributed by atoms with Crippen molar-refractivity contribution in [1.82, 2.24) is 15.6 Å². The van der Waals surface area contributed by atoms with Crippen LogP contribution in [0.3, 0.4) is 0 Å². The molecule has 5 heteroatoms. The van der Waals surface area contributed by atoms with E-state index < -0.39 is 0 Å². The van der Waals surface area contributed by atoms with Crippen LogP contribution in [-0.2, 0) is 11.2 Å². The third-order valence-electron chi connectivity index (χ3n) is 1.93. The summed E-state index contributed by atoms with van der Waals surface area (Å²) in [6.07, 6.45) is 2.53. The summed E-state index contributed by atoms with van der Waals surface area (Å²) >= 11 is 0. The third-order valence-corrected chi connectivity index (χ3v) is 1.93. The van der Waals surface area contributed by atoms with Crippen molar-refractivity contribution in [1.29, 1.82) is 5.26 Å². The topological polar surface area (TPSA) is 77.8 Å². The van der Waals surface area contributed by atoms with Crippen LogP contribution in [0, 0.1) is 11.3 Å². The van der Waals surface area contributed by atoms with Gasteiger partial charge < -0.3 is 10.6 Å². The summed E-state index contributed by atoms with van der Waals surface area (Å²) < 4.78 is 0. The highest BCUT2D eigenvalue weighted by atomic mass is 16.1. The van der Waals surface area contributed by atoms with Gasteiger partial charge in [-0.2, -0.15) is 5.26 Å². The van der Waals surface area contributed by atoms with Crippen molar-refractivity contribution >= 4 is 5.91 Å². The molecular weight excluding hydrogens is 204 g/mol. The van der Waals surface area contributed by atoms with E-state index in [4.69, 9.17) is 5.26 Å². The molecule has 0 atom stereocenters. The standard InChI is InChI=1S/C11H14N4O/c12-5-8-15-11(16)9-13-7-4-10-3-1-2-6-14-10/h1-3,6,13H,4,7-9H2,(H,15,16). The van der Waals surface area contributed by atoms with Gasteiger partial charge in [-0.05, 0) is 12.1 Å². The van der Waals surface area contributed by atoms with Gasteiger partial charge in [-0.1, -0.05) is 6.07 Å². The Morgan fingerprint density at radius 3 is 3.06 bits per heavy atom. The average molecular weight is 218 g/mol. The minimum absolute atomic E-state index is 0.0563. The summed E-state index contributed by atoms with van der Waals surface area (Å²) in [5, 5.41) is 13.7. The minimum Gasteiger partial charge on any atom is -0.342 e. The van der Waals surface area contributed by atoms with Gasteiger partial charge in [-0.3, -0.25) is 9.78 Å². The Labute approximate surface area is 94.5 Å². The molecule has 1 heterocycles. The monoisotopic (exact) mass is 218 g/mol. The van der Waals surface area contributed by atoms with Gasteiger partial charge in [0.25, 0.3) is 0 Å². The number of nitrogens with zero attached hydrogens (tertiary/aromatic N) is 2. The Morgan fingerprint density at radius 1 is 1.50 bits per heavy atom. The maximum Gasteiger partial charge on any atom is 0.234 e. The molecule has 0 aliphatic heterocycles. The molecule has 0 aliphatic rings. The summed E-state index contributed by atoms with van der Waals surface area (Å²) in [6.45, 7) is 0.978. The van der Waals surface area contributed by atoms with Crippen LogP contribution in [0.2, 0.25) is 0 Å². The second-order valence-electron chi connectivity index (χ2n) is 3.18. The van der Waals surface area contributed by atoms with Crippen LogP contribution in [0.25, 0.3) is 0 Å². The van der Waals surface area contributed by atoms with Gasteiger partial charge in [0.15, 0.2) is 0 Å². The summed E-state index contributed by atoms with van der Waals surface area (Å²) in [5.41, 5.74) is 0.993. The first kappa shape index (κ1) is 12.1. The van der Waals surface area contributed by atoms with Crippen LogP contribution in [-0.4, -0.2) is 30.5 Å². The van der Waals surface area contributed by atoms with Crippen molar-refractivity contribution < 1.29 is 4.79 Å². The Hall–Kier alpha value is -1.93. The Kier molecular flexibility index (Phi) is 5.59. The smallest absolute Gasteiger partial charge is 0.234 e. The van der Waals surface area contributed by atoms with E-state index in [0.717, 1.165) is 12.1 Å². The zero-order chi connectivity index (χ0) is 11.6. The molecule has 16 heavy (non-hydrogen) atoms. The summed E-state index contributed by atoms with van der Waals surface area (Å²) in [6, 6.07) is 7.59. The molecule has 0 unspecified atom stereocenters. The van der Waals surface area contributed by atoms with Gasteiger partial charge >= 0.3 is 0 Å². The molecule has 1 aromatic heterocycles. The lowest BCUT2D eigenvalue weighted by Gasteiger charge is -2.03. The molecule has 1 rings (SSSR count). The Bertz CT molecular complexity index is 358. The van der Waals surface area contributed by atoms with Crippen molar-refractivity contribution in [2.24, 2.45) is 0 Å². The van der Waals surface area contributed by atoms with Crippen molar-refractivity contribution in [3.05, 3.63) is 30.1 Å². The maximum atomic E-state index is 11.1. The number of rotatable bonds is 6. The van der Waals surface area contributed by atoms with Crippen molar-refractivity contribution in [3.8, 4) is 6.07 Å². The van der Waals surface area contributed by atoms with Crippen molar-refractivity contribution in [2.75, 3.05) is 19.6 Å². The van der Waals surface area contributed by atoms with E-state index in [-0.39, 0.29) is 19.0 Å². The molecule has 1 amide bonds. The van der Waals surface area contributed by atoms with Gasteiger partial charge in [0.05, 0.1) is 12.6 Å². The fourth-order valence-electron chi connectivity index (χ4n) is 1.16. The third kappa shape index (κ3) is 5.08. The highest BCUT2D eigenvalue weighted by molar-refractivity contribution is 5.78. The van der Waals surface area contributed by atoms with Gasteiger partial charge in [0, 0.05) is 24.9 Å². The SMILES string of the molecule is N#CCNC(=O)CNCCc1ccccn1. The predicted octanol–water partition coefficient (Wildman–Crippen LogP) is -0.147. The lowest BCUT2D eigenvalue weighted by atomic mass is 10.3. The number of carbonyl (C=O) groups excluding carboxylic acids is 1. The molecule has 0 aliphatic carbocycles. The molecule has 0 saturated heterocycles. The number of carbonyl (C=O) groups is 1. The van der Waals surface area contributed by atoms with E-state index in [1.54, 1.807) is 6.20 Å². The number of nitriles is 1. The molecular formula is C11H14N4O. The van der Waals surface area contributed by atoms with E-state index in [2.05, 4.69) is 15.6 Å².